The Morgan fingerprint density at radius 3 is 1.79 bits per heavy atom. The number of carboxylic acids is 1. The summed E-state index contributed by atoms with van der Waals surface area (Å²) in [5, 5.41) is 27.5. The van der Waals surface area contributed by atoms with Gasteiger partial charge in [0.1, 0.15) is 17.4 Å². The fourth-order valence-electron chi connectivity index (χ4n) is 3.11. The van der Waals surface area contributed by atoms with Crippen molar-refractivity contribution in [2.45, 2.75) is 0 Å². The van der Waals surface area contributed by atoms with Crippen LogP contribution in [0.3, 0.4) is 0 Å². The number of benzene rings is 3. The second kappa shape index (κ2) is 10.3. The van der Waals surface area contributed by atoms with E-state index in [0.717, 1.165) is 22.6 Å². The standard InChI is InChI=1S/C27H19N3O3/c1-19(31)26(29-2)17-21-10-14-25(15-11-21)30(23-6-4-3-5-7-23)24-12-8-20(9-13-24)16-22(18-28)27(32)33/h3-17,31H,1H2,(H,32,33)/b22-16+,26-17-. The average molecular weight is 433 g/mol. The predicted octanol–water partition coefficient (Wildman–Crippen LogP) is 6.48. The summed E-state index contributed by atoms with van der Waals surface area (Å²) in [6, 6.07) is 26.0. The smallest absolute Gasteiger partial charge is 0.346 e. The molecule has 0 aromatic heterocycles. The number of nitrogens with zero attached hydrogens (tertiary/aromatic N) is 3. The number of para-hydroxylation sites is 1. The average Bonchev–Trinajstić information content (AvgIpc) is 2.83. The quantitative estimate of drug-likeness (QED) is 0.146. The second-order valence-corrected chi connectivity index (χ2v) is 6.92. The molecule has 0 saturated heterocycles. The zero-order valence-electron chi connectivity index (χ0n) is 17.5. The van der Waals surface area contributed by atoms with Crippen LogP contribution in [0.2, 0.25) is 0 Å². The lowest BCUT2D eigenvalue weighted by molar-refractivity contribution is -0.132. The molecule has 6 nitrogen and oxygen atoms in total. The molecule has 0 atom stereocenters. The number of anilines is 3. The van der Waals surface area contributed by atoms with Crippen LogP contribution in [-0.4, -0.2) is 16.2 Å². The zero-order chi connectivity index (χ0) is 23.8. The highest BCUT2D eigenvalue weighted by molar-refractivity contribution is 5.96. The van der Waals surface area contributed by atoms with Crippen LogP contribution in [0.4, 0.5) is 17.1 Å². The molecule has 33 heavy (non-hydrogen) atoms. The Hall–Kier alpha value is -5.07. The van der Waals surface area contributed by atoms with Crippen LogP contribution in [0.5, 0.6) is 0 Å². The van der Waals surface area contributed by atoms with Crippen molar-refractivity contribution in [3.63, 3.8) is 0 Å². The van der Waals surface area contributed by atoms with Crippen molar-refractivity contribution in [2.24, 2.45) is 0 Å². The minimum Gasteiger partial charge on any atom is -0.520 e. The maximum absolute atomic E-state index is 11.1. The first-order valence-electron chi connectivity index (χ1n) is 9.80. The third-order valence-electron chi connectivity index (χ3n) is 4.70. The first-order chi connectivity index (χ1) is 15.9. The van der Waals surface area contributed by atoms with Gasteiger partial charge in [-0.1, -0.05) is 49.0 Å². The minimum absolute atomic E-state index is 0.0735. The lowest BCUT2D eigenvalue weighted by Gasteiger charge is -2.25. The molecule has 0 fully saturated rings. The van der Waals surface area contributed by atoms with Gasteiger partial charge in [-0.3, -0.25) is 0 Å². The van der Waals surface area contributed by atoms with E-state index in [0.29, 0.717) is 5.56 Å². The number of aliphatic carboxylic acids is 1. The van der Waals surface area contributed by atoms with Crippen LogP contribution >= 0.6 is 0 Å². The molecule has 6 heteroatoms. The highest BCUT2D eigenvalue weighted by atomic mass is 16.4. The van der Waals surface area contributed by atoms with Crippen LogP contribution in [0.1, 0.15) is 11.1 Å². The van der Waals surface area contributed by atoms with Crippen LogP contribution in [0, 0.1) is 17.9 Å². The third-order valence-corrected chi connectivity index (χ3v) is 4.70. The van der Waals surface area contributed by atoms with Gasteiger partial charge in [-0.15, -0.1) is 0 Å². The molecule has 0 aliphatic rings. The topological polar surface area (TPSA) is 88.9 Å². The van der Waals surface area contributed by atoms with Gasteiger partial charge in [-0.2, -0.15) is 5.26 Å². The Labute approximate surface area is 191 Å². The van der Waals surface area contributed by atoms with Crippen LogP contribution in [-0.2, 0) is 4.79 Å². The predicted molar refractivity (Wildman–Crippen MR) is 129 cm³/mol. The highest BCUT2D eigenvalue weighted by Crippen LogP contribution is 2.34. The molecule has 0 spiro atoms. The van der Waals surface area contributed by atoms with Crippen molar-refractivity contribution >= 4 is 35.2 Å². The molecular weight excluding hydrogens is 414 g/mol. The fourth-order valence-corrected chi connectivity index (χ4v) is 3.11. The Balaban J connectivity index is 2.01. The van der Waals surface area contributed by atoms with Crippen LogP contribution in [0.25, 0.3) is 17.0 Å². The van der Waals surface area contributed by atoms with Gasteiger partial charge in [0.25, 0.3) is 0 Å². The molecule has 0 heterocycles. The normalized spacial score (nSPS) is 11.2. The third kappa shape index (κ3) is 5.55. The maximum atomic E-state index is 11.1. The van der Waals surface area contributed by atoms with E-state index in [1.54, 1.807) is 24.3 Å². The minimum atomic E-state index is -1.27. The largest absolute Gasteiger partial charge is 0.520 e. The first-order valence-corrected chi connectivity index (χ1v) is 9.80. The van der Waals surface area contributed by atoms with Gasteiger partial charge in [-0.25, -0.2) is 9.64 Å². The van der Waals surface area contributed by atoms with E-state index >= 15 is 0 Å². The summed E-state index contributed by atoms with van der Waals surface area (Å²) in [5.41, 5.74) is 3.68. The van der Waals surface area contributed by atoms with E-state index in [9.17, 15) is 9.90 Å². The Kier molecular flexibility index (Phi) is 7.06. The van der Waals surface area contributed by atoms with Crippen molar-refractivity contribution in [1.82, 2.24) is 0 Å². The molecule has 0 amide bonds. The van der Waals surface area contributed by atoms with Crippen molar-refractivity contribution in [1.29, 1.82) is 5.26 Å². The number of hydrogen-bond donors (Lipinski definition) is 2. The van der Waals surface area contributed by atoms with E-state index < -0.39 is 5.97 Å². The van der Waals surface area contributed by atoms with Gasteiger partial charge in [0.2, 0.25) is 5.70 Å². The molecular formula is C27H19N3O3. The number of rotatable bonds is 7. The maximum Gasteiger partial charge on any atom is 0.346 e. The van der Waals surface area contributed by atoms with E-state index in [1.165, 1.54) is 6.08 Å². The number of hydrogen-bond acceptors (Lipinski definition) is 4. The summed E-state index contributed by atoms with van der Waals surface area (Å²) < 4.78 is 0. The molecule has 2 N–H and O–H groups in total. The number of carbonyl (C=O) groups is 1. The van der Waals surface area contributed by atoms with Gasteiger partial charge in [-0.05, 0) is 59.7 Å². The summed E-state index contributed by atoms with van der Waals surface area (Å²) in [5.74, 6) is -1.55. The second-order valence-electron chi connectivity index (χ2n) is 6.92. The Morgan fingerprint density at radius 1 is 0.879 bits per heavy atom. The van der Waals surface area contributed by atoms with Crippen molar-refractivity contribution in [3.8, 4) is 6.07 Å². The number of aliphatic hydroxyl groups is 1. The number of aliphatic hydroxyl groups excluding tert-OH is 1. The van der Waals surface area contributed by atoms with Crippen molar-refractivity contribution < 1.29 is 15.0 Å². The van der Waals surface area contributed by atoms with Crippen molar-refractivity contribution in [3.05, 3.63) is 125 Å². The van der Waals surface area contributed by atoms with Gasteiger partial charge < -0.3 is 15.1 Å². The van der Waals surface area contributed by atoms with E-state index in [1.807, 2.05) is 71.6 Å². The summed E-state index contributed by atoms with van der Waals surface area (Å²) in [6.07, 6.45) is 2.88. The van der Waals surface area contributed by atoms with E-state index in [4.69, 9.17) is 16.9 Å². The first kappa shape index (κ1) is 22.6. The van der Waals surface area contributed by atoms with E-state index in [-0.39, 0.29) is 17.0 Å². The molecule has 0 aliphatic carbocycles. The Bertz CT molecular complexity index is 1220. The van der Waals surface area contributed by atoms with Gasteiger partial charge in [0.05, 0.1) is 6.57 Å². The van der Waals surface area contributed by atoms with Crippen LogP contribution in [0.15, 0.2) is 102 Å². The zero-order valence-corrected chi connectivity index (χ0v) is 17.5. The van der Waals surface area contributed by atoms with Gasteiger partial charge >= 0.3 is 5.97 Å². The molecule has 3 aromatic rings. The SMILES string of the molecule is [C-]#[N+]/C(=C\c1ccc(N(c2ccccc2)c2ccc(/C=C(\C#N)C(=O)O)cc2)cc1)C(=C)O. The summed E-state index contributed by atoms with van der Waals surface area (Å²) in [7, 11) is 0. The Morgan fingerprint density at radius 2 is 1.36 bits per heavy atom. The van der Waals surface area contributed by atoms with E-state index in [2.05, 4.69) is 11.4 Å². The highest BCUT2D eigenvalue weighted by Gasteiger charge is 2.13. The molecule has 0 bridgehead atoms. The van der Waals surface area contributed by atoms with Gasteiger partial charge in [0, 0.05) is 17.1 Å². The van der Waals surface area contributed by atoms with Gasteiger partial charge in [0.15, 0.2) is 0 Å². The monoisotopic (exact) mass is 433 g/mol. The lowest BCUT2D eigenvalue weighted by Crippen LogP contribution is -2.09. The molecule has 0 saturated carbocycles. The molecule has 3 aromatic carbocycles. The molecule has 0 unspecified atom stereocenters. The summed E-state index contributed by atoms with van der Waals surface area (Å²) in [6.45, 7) is 10.5. The van der Waals surface area contributed by atoms with Crippen LogP contribution < -0.4 is 4.90 Å². The molecule has 3 rings (SSSR count). The molecule has 0 radical (unpaired) electrons. The summed E-state index contributed by atoms with van der Waals surface area (Å²) >= 11 is 0. The number of carboxylic acid groups (broad SMARTS) is 1. The number of nitriles is 1. The molecule has 0 aliphatic heterocycles. The lowest BCUT2D eigenvalue weighted by atomic mass is 10.1. The fraction of sp³-hybridized carbons (Fsp3) is 0. The van der Waals surface area contributed by atoms with Crippen molar-refractivity contribution in [2.75, 3.05) is 4.90 Å². The molecule has 160 valence electrons. The summed E-state index contributed by atoms with van der Waals surface area (Å²) in [4.78, 5) is 16.4.